The summed E-state index contributed by atoms with van der Waals surface area (Å²) in [7, 11) is 0. The van der Waals surface area contributed by atoms with Gasteiger partial charge in [0.15, 0.2) is 11.8 Å². The van der Waals surface area contributed by atoms with Crippen LogP contribution >= 0.6 is 23.4 Å². The van der Waals surface area contributed by atoms with Gasteiger partial charge in [-0.05, 0) is 35.4 Å². The van der Waals surface area contributed by atoms with E-state index < -0.39 is 11.8 Å². The molecule has 0 aliphatic carbocycles. The zero-order valence-corrected chi connectivity index (χ0v) is 18.3. The number of aromatic nitrogens is 2. The van der Waals surface area contributed by atoms with E-state index in [2.05, 4.69) is 15.3 Å². The lowest BCUT2D eigenvalue weighted by atomic mass is 9.87. The molecule has 3 aromatic rings. The molecule has 0 saturated heterocycles. The first-order valence-corrected chi connectivity index (χ1v) is 11.1. The number of hydrogen-bond acceptors (Lipinski definition) is 6. The maximum absolute atomic E-state index is 12.9. The predicted octanol–water partition coefficient (Wildman–Crippen LogP) is 3.05. The number of fused-ring (bicyclic) bond motifs is 1. The Labute approximate surface area is 192 Å². The number of anilines is 1. The third kappa shape index (κ3) is 5.12. The molecule has 10 heteroatoms. The van der Waals surface area contributed by atoms with Gasteiger partial charge in [-0.2, -0.15) is 0 Å². The number of ether oxygens (including phenoxy) is 1. The summed E-state index contributed by atoms with van der Waals surface area (Å²) in [6.45, 7) is -0.228. The van der Waals surface area contributed by atoms with Crippen molar-refractivity contribution in [2.45, 2.75) is 23.2 Å². The van der Waals surface area contributed by atoms with Gasteiger partial charge in [-0.25, -0.2) is 4.98 Å². The average molecular weight is 471 g/mol. The zero-order chi connectivity index (χ0) is 22.7. The van der Waals surface area contributed by atoms with Crippen LogP contribution in [0, 0.1) is 0 Å². The molecular weight excluding hydrogens is 452 g/mol. The lowest BCUT2D eigenvalue weighted by molar-refractivity contribution is -0.120. The number of carbonyl (C=O) groups is 2. The first-order chi connectivity index (χ1) is 15.4. The Bertz CT molecular complexity index is 1210. The Balaban J connectivity index is 1.56. The fraction of sp³-hybridized carbons (Fsp3) is 0.182. The molecule has 2 heterocycles. The third-order valence-electron chi connectivity index (χ3n) is 4.88. The summed E-state index contributed by atoms with van der Waals surface area (Å²) in [5.74, 6) is 0.0769. The molecule has 8 nitrogen and oxygen atoms in total. The summed E-state index contributed by atoms with van der Waals surface area (Å²) in [4.78, 5) is 43.4. The number of H-pyrrole nitrogens is 1. The van der Waals surface area contributed by atoms with Crippen molar-refractivity contribution in [1.82, 2.24) is 9.97 Å². The zero-order valence-electron chi connectivity index (χ0n) is 16.8. The number of nitrogens with zero attached hydrogens (tertiary/aromatic N) is 1. The molecule has 0 radical (unpaired) electrons. The topological polar surface area (TPSA) is 127 Å². The van der Waals surface area contributed by atoms with Crippen molar-refractivity contribution in [2.24, 2.45) is 5.73 Å². The van der Waals surface area contributed by atoms with Gasteiger partial charge < -0.3 is 20.8 Å². The van der Waals surface area contributed by atoms with Crippen molar-refractivity contribution in [3.05, 3.63) is 80.6 Å². The van der Waals surface area contributed by atoms with Gasteiger partial charge in [0.05, 0.1) is 5.56 Å². The van der Waals surface area contributed by atoms with Gasteiger partial charge in [-0.15, -0.1) is 0 Å². The summed E-state index contributed by atoms with van der Waals surface area (Å²) >= 11 is 7.27. The van der Waals surface area contributed by atoms with Crippen LogP contribution in [0.1, 0.15) is 29.0 Å². The summed E-state index contributed by atoms with van der Waals surface area (Å²) in [5.41, 5.74) is 6.99. The molecule has 4 N–H and O–H groups in total. The van der Waals surface area contributed by atoms with E-state index in [1.54, 1.807) is 36.4 Å². The van der Waals surface area contributed by atoms with Crippen LogP contribution in [0.3, 0.4) is 0 Å². The van der Waals surface area contributed by atoms with Gasteiger partial charge >= 0.3 is 0 Å². The molecular formula is C22H19ClN4O4S. The normalized spacial score (nSPS) is 15.0. The van der Waals surface area contributed by atoms with Gasteiger partial charge in [0.25, 0.3) is 11.5 Å². The van der Waals surface area contributed by atoms with E-state index in [-0.39, 0.29) is 30.3 Å². The quantitative estimate of drug-likeness (QED) is 0.359. The fourth-order valence-corrected chi connectivity index (χ4v) is 4.33. The van der Waals surface area contributed by atoms with Crippen LogP contribution in [0.25, 0.3) is 0 Å². The van der Waals surface area contributed by atoms with Gasteiger partial charge in [0, 0.05) is 23.1 Å². The number of rotatable bonds is 7. The van der Waals surface area contributed by atoms with E-state index in [0.29, 0.717) is 27.2 Å². The Kier molecular flexibility index (Phi) is 6.48. The number of hydrogen-bond donors (Lipinski definition) is 3. The van der Waals surface area contributed by atoms with Crippen LogP contribution in [0.5, 0.6) is 5.75 Å². The second-order valence-corrected chi connectivity index (χ2v) is 8.58. The Hall–Kier alpha value is -3.30. The fourth-order valence-electron chi connectivity index (χ4n) is 3.39. The number of benzene rings is 2. The SMILES string of the molecule is NC(=O)COc1ccc(C2CC(=O)Nc3nc(SCc4ccc(Cl)cc4)[nH]c(=O)c32)cc1. The predicted molar refractivity (Wildman–Crippen MR) is 122 cm³/mol. The summed E-state index contributed by atoms with van der Waals surface area (Å²) in [6, 6.07) is 14.3. The van der Waals surface area contributed by atoms with Crippen molar-refractivity contribution in [2.75, 3.05) is 11.9 Å². The standard InChI is InChI=1S/C22H19ClN4O4S/c23-14-5-1-12(2-6-14)11-32-22-26-20-19(21(30)27-22)16(9-18(29)25-20)13-3-7-15(8-4-13)31-10-17(24)28/h1-8,16H,9-11H2,(H2,24,28)(H2,25,26,27,29,30). The smallest absolute Gasteiger partial charge is 0.257 e. The van der Waals surface area contributed by atoms with E-state index in [4.69, 9.17) is 22.1 Å². The average Bonchev–Trinajstić information content (AvgIpc) is 2.77. The van der Waals surface area contributed by atoms with Crippen molar-refractivity contribution in [1.29, 1.82) is 0 Å². The molecule has 1 atom stereocenters. The highest BCUT2D eigenvalue weighted by molar-refractivity contribution is 7.98. The summed E-state index contributed by atoms with van der Waals surface area (Å²) in [5, 5.41) is 3.78. The molecule has 0 fully saturated rings. The maximum atomic E-state index is 12.9. The van der Waals surface area contributed by atoms with Crippen LogP contribution in [-0.2, 0) is 15.3 Å². The Morgan fingerprint density at radius 1 is 1.16 bits per heavy atom. The molecule has 1 aliphatic rings. The molecule has 1 aromatic heterocycles. The molecule has 164 valence electrons. The molecule has 4 rings (SSSR count). The first kappa shape index (κ1) is 21.9. The number of carbonyl (C=O) groups excluding carboxylic acids is 2. The molecule has 1 aliphatic heterocycles. The molecule has 0 spiro atoms. The third-order valence-corrected chi connectivity index (χ3v) is 6.08. The number of amides is 2. The maximum Gasteiger partial charge on any atom is 0.257 e. The van der Waals surface area contributed by atoms with E-state index >= 15 is 0 Å². The van der Waals surface area contributed by atoms with Crippen molar-refractivity contribution < 1.29 is 14.3 Å². The number of aromatic amines is 1. The van der Waals surface area contributed by atoms with Crippen molar-refractivity contribution >= 4 is 41.0 Å². The van der Waals surface area contributed by atoms with Gasteiger partial charge in [-0.1, -0.05) is 47.6 Å². The minimum atomic E-state index is -0.575. The molecule has 2 amide bonds. The van der Waals surface area contributed by atoms with Crippen molar-refractivity contribution in [3.63, 3.8) is 0 Å². The first-order valence-electron chi connectivity index (χ1n) is 9.71. The van der Waals surface area contributed by atoms with E-state index in [0.717, 1.165) is 11.1 Å². The van der Waals surface area contributed by atoms with E-state index in [1.165, 1.54) is 11.8 Å². The van der Waals surface area contributed by atoms with E-state index in [9.17, 15) is 14.4 Å². The lowest BCUT2D eigenvalue weighted by Gasteiger charge is -2.24. The monoisotopic (exact) mass is 470 g/mol. The molecule has 32 heavy (non-hydrogen) atoms. The van der Waals surface area contributed by atoms with Crippen LogP contribution in [0.2, 0.25) is 5.02 Å². The summed E-state index contributed by atoms with van der Waals surface area (Å²) in [6.07, 6.45) is 0.122. The van der Waals surface area contributed by atoms with Gasteiger partial charge in [0.1, 0.15) is 11.6 Å². The Morgan fingerprint density at radius 2 is 1.88 bits per heavy atom. The Morgan fingerprint density at radius 3 is 2.56 bits per heavy atom. The summed E-state index contributed by atoms with van der Waals surface area (Å²) < 4.78 is 5.27. The van der Waals surface area contributed by atoms with Crippen molar-refractivity contribution in [3.8, 4) is 5.75 Å². The van der Waals surface area contributed by atoms with Gasteiger partial charge in [0.2, 0.25) is 5.91 Å². The second kappa shape index (κ2) is 9.46. The molecule has 0 bridgehead atoms. The van der Waals surface area contributed by atoms with Crippen LogP contribution < -0.4 is 21.3 Å². The van der Waals surface area contributed by atoms with Crippen LogP contribution in [0.4, 0.5) is 5.82 Å². The molecule has 2 aromatic carbocycles. The molecule has 1 unspecified atom stereocenters. The largest absolute Gasteiger partial charge is 0.484 e. The second-order valence-electron chi connectivity index (χ2n) is 7.18. The molecule has 0 saturated carbocycles. The number of halogens is 1. The minimum Gasteiger partial charge on any atom is -0.484 e. The van der Waals surface area contributed by atoms with Gasteiger partial charge in [-0.3, -0.25) is 14.4 Å². The highest BCUT2D eigenvalue weighted by Crippen LogP contribution is 2.35. The minimum absolute atomic E-state index is 0.122. The number of nitrogens with two attached hydrogens (primary N) is 1. The van der Waals surface area contributed by atoms with E-state index in [1.807, 2.05) is 12.1 Å². The van der Waals surface area contributed by atoms with Crippen LogP contribution in [0.15, 0.2) is 58.5 Å². The highest BCUT2D eigenvalue weighted by atomic mass is 35.5. The number of thioether (sulfide) groups is 1. The highest BCUT2D eigenvalue weighted by Gasteiger charge is 2.31. The number of nitrogens with one attached hydrogen (secondary N) is 2. The lowest BCUT2D eigenvalue weighted by Crippen LogP contribution is -2.31. The van der Waals surface area contributed by atoms with Crippen LogP contribution in [-0.4, -0.2) is 28.4 Å². The number of primary amides is 1.